The quantitative estimate of drug-likeness (QED) is 0.362. The van der Waals surface area contributed by atoms with Crippen LogP contribution in [0, 0.1) is 5.92 Å². The summed E-state index contributed by atoms with van der Waals surface area (Å²) in [5, 5.41) is 0. The molecular formula is C17H23BrO2. The van der Waals surface area contributed by atoms with Crippen LogP contribution in [0.1, 0.15) is 20.8 Å². The molecule has 0 aliphatic heterocycles. The van der Waals surface area contributed by atoms with E-state index in [9.17, 15) is 4.79 Å². The first kappa shape index (κ1) is 18.7. The summed E-state index contributed by atoms with van der Waals surface area (Å²) in [4.78, 5) is 11.4. The number of ether oxygens (including phenoxy) is 1. The van der Waals surface area contributed by atoms with Crippen LogP contribution in [0.3, 0.4) is 0 Å². The molecule has 3 atom stereocenters. The monoisotopic (exact) mass is 338 g/mol. The molecule has 0 saturated heterocycles. The molecule has 0 radical (unpaired) electrons. The Morgan fingerprint density at radius 1 is 1.10 bits per heavy atom. The van der Waals surface area contributed by atoms with E-state index in [2.05, 4.69) is 22.5 Å². The summed E-state index contributed by atoms with van der Waals surface area (Å²) in [7, 11) is 0. The van der Waals surface area contributed by atoms with Gasteiger partial charge in [-0.2, -0.15) is 0 Å². The molecule has 3 heteroatoms. The molecule has 0 saturated carbocycles. The van der Waals surface area contributed by atoms with Crippen molar-refractivity contribution >= 4 is 21.9 Å². The van der Waals surface area contributed by atoms with E-state index in [-0.39, 0.29) is 18.0 Å². The SMILES string of the molecule is C=C/C=C\C=C\C(Br)C(=O)OC(C)C(C)/C=C\C=C/C. The Bertz CT molecular complexity index is 405. The minimum absolute atomic E-state index is 0.166. The van der Waals surface area contributed by atoms with Gasteiger partial charge in [0, 0.05) is 5.92 Å². The first-order valence-corrected chi connectivity index (χ1v) is 7.54. The lowest BCUT2D eigenvalue weighted by Crippen LogP contribution is -2.25. The number of carbonyl (C=O) groups is 1. The summed E-state index contributed by atoms with van der Waals surface area (Å²) in [6, 6.07) is 0. The molecule has 0 fully saturated rings. The van der Waals surface area contributed by atoms with Crippen LogP contribution >= 0.6 is 15.9 Å². The Hall–Kier alpha value is -1.35. The molecule has 0 aliphatic carbocycles. The van der Waals surface area contributed by atoms with Gasteiger partial charge in [0.05, 0.1) is 0 Å². The highest BCUT2D eigenvalue weighted by Gasteiger charge is 2.18. The third kappa shape index (κ3) is 8.70. The Kier molecular flexibility index (Phi) is 10.7. The Morgan fingerprint density at radius 3 is 2.35 bits per heavy atom. The van der Waals surface area contributed by atoms with Gasteiger partial charge in [-0.1, -0.05) is 84.1 Å². The molecule has 3 unspecified atom stereocenters. The summed E-state index contributed by atoms with van der Waals surface area (Å²) in [6.07, 6.45) is 16.5. The highest BCUT2D eigenvalue weighted by Crippen LogP contribution is 2.13. The Labute approximate surface area is 130 Å². The fourth-order valence-electron chi connectivity index (χ4n) is 1.25. The largest absolute Gasteiger partial charge is 0.461 e. The highest BCUT2D eigenvalue weighted by atomic mass is 79.9. The summed E-state index contributed by atoms with van der Waals surface area (Å²) in [5.74, 6) is -0.119. The lowest BCUT2D eigenvalue weighted by Gasteiger charge is -2.18. The van der Waals surface area contributed by atoms with Crippen molar-refractivity contribution in [3.63, 3.8) is 0 Å². The standard InChI is InChI=1S/C17H23BrO2/c1-5-7-9-11-13-16(18)17(19)20-15(4)14(3)12-10-8-6-2/h5-16H,1H2,2-4H3/b8-6-,9-7-,12-10-,13-11+. The normalized spacial score (nSPS) is 17.0. The molecule has 0 aromatic rings. The molecule has 0 aromatic carbocycles. The molecular weight excluding hydrogens is 316 g/mol. The molecule has 0 heterocycles. The molecule has 0 aliphatic rings. The molecule has 20 heavy (non-hydrogen) atoms. The van der Waals surface area contributed by atoms with Crippen molar-refractivity contribution in [2.45, 2.75) is 31.7 Å². The van der Waals surface area contributed by atoms with Crippen LogP contribution in [-0.2, 0) is 9.53 Å². The van der Waals surface area contributed by atoms with Crippen LogP contribution in [0.25, 0.3) is 0 Å². The lowest BCUT2D eigenvalue weighted by atomic mass is 10.1. The maximum atomic E-state index is 11.8. The molecule has 0 amide bonds. The maximum absolute atomic E-state index is 11.8. The molecule has 110 valence electrons. The van der Waals surface area contributed by atoms with E-state index in [4.69, 9.17) is 4.74 Å². The zero-order valence-corrected chi connectivity index (χ0v) is 13.9. The summed E-state index contributed by atoms with van der Waals surface area (Å²) < 4.78 is 5.40. The topological polar surface area (TPSA) is 26.3 Å². The number of hydrogen-bond donors (Lipinski definition) is 0. The van der Waals surface area contributed by atoms with Crippen LogP contribution < -0.4 is 0 Å². The predicted molar refractivity (Wildman–Crippen MR) is 89.9 cm³/mol. The molecule has 0 N–H and O–H groups in total. The summed E-state index contributed by atoms with van der Waals surface area (Å²) >= 11 is 3.29. The lowest BCUT2D eigenvalue weighted by molar-refractivity contribution is -0.147. The number of halogens is 1. The predicted octanol–water partition coefficient (Wildman–Crippen LogP) is 4.75. The van der Waals surface area contributed by atoms with Crippen LogP contribution in [0.4, 0.5) is 0 Å². The summed E-state index contributed by atoms with van der Waals surface area (Å²) in [6.45, 7) is 9.44. The zero-order chi connectivity index (χ0) is 15.4. The van der Waals surface area contributed by atoms with Crippen molar-refractivity contribution in [3.8, 4) is 0 Å². The van der Waals surface area contributed by atoms with Crippen molar-refractivity contribution in [1.82, 2.24) is 0 Å². The smallest absolute Gasteiger partial charge is 0.323 e. The second-order valence-electron chi connectivity index (χ2n) is 4.32. The van der Waals surface area contributed by atoms with Gasteiger partial charge in [0.1, 0.15) is 10.9 Å². The average Bonchev–Trinajstić information content (AvgIpc) is 2.43. The second kappa shape index (κ2) is 11.5. The van der Waals surface area contributed by atoms with Crippen LogP contribution in [0.5, 0.6) is 0 Å². The van der Waals surface area contributed by atoms with E-state index in [1.165, 1.54) is 0 Å². The van der Waals surface area contributed by atoms with Crippen LogP contribution in [0.15, 0.2) is 61.3 Å². The molecule has 0 spiro atoms. The Morgan fingerprint density at radius 2 is 1.75 bits per heavy atom. The summed E-state index contributed by atoms with van der Waals surface area (Å²) in [5.41, 5.74) is 0. The first-order chi connectivity index (χ1) is 9.52. The van der Waals surface area contributed by atoms with E-state index < -0.39 is 4.83 Å². The zero-order valence-electron chi connectivity index (χ0n) is 12.3. The number of alkyl halides is 1. The van der Waals surface area contributed by atoms with Gasteiger partial charge in [0.25, 0.3) is 0 Å². The van der Waals surface area contributed by atoms with Gasteiger partial charge in [0.15, 0.2) is 0 Å². The molecule has 2 nitrogen and oxygen atoms in total. The maximum Gasteiger partial charge on any atom is 0.323 e. The first-order valence-electron chi connectivity index (χ1n) is 6.62. The Balaban J connectivity index is 4.33. The van der Waals surface area contributed by atoms with Crippen molar-refractivity contribution in [3.05, 3.63) is 61.3 Å². The molecule has 0 rings (SSSR count). The number of hydrogen-bond acceptors (Lipinski definition) is 2. The van der Waals surface area contributed by atoms with E-state index in [0.29, 0.717) is 0 Å². The number of rotatable bonds is 8. The van der Waals surface area contributed by atoms with E-state index in [0.717, 1.165) is 0 Å². The number of carbonyl (C=O) groups excluding carboxylic acids is 1. The third-order valence-electron chi connectivity index (χ3n) is 2.62. The fourth-order valence-corrected chi connectivity index (χ4v) is 1.53. The minimum atomic E-state index is -0.439. The van der Waals surface area contributed by atoms with Gasteiger partial charge in [0.2, 0.25) is 0 Å². The highest BCUT2D eigenvalue weighted by molar-refractivity contribution is 9.10. The van der Waals surface area contributed by atoms with Gasteiger partial charge in [-0.15, -0.1) is 0 Å². The van der Waals surface area contributed by atoms with E-state index >= 15 is 0 Å². The number of allylic oxidation sites excluding steroid dienone is 7. The van der Waals surface area contributed by atoms with Crippen molar-refractivity contribution in [2.24, 2.45) is 5.92 Å². The van der Waals surface area contributed by atoms with Crippen molar-refractivity contribution in [1.29, 1.82) is 0 Å². The second-order valence-corrected chi connectivity index (χ2v) is 5.31. The van der Waals surface area contributed by atoms with Gasteiger partial charge < -0.3 is 4.74 Å². The minimum Gasteiger partial charge on any atom is -0.461 e. The number of esters is 1. The van der Waals surface area contributed by atoms with Crippen LogP contribution in [-0.4, -0.2) is 16.9 Å². The van der Waals surface area contributed by atoms with Gasteiger partial charge in [-0.05, 0) is 13.8 Å². The third-order valence-corrected chi connectivity index (χ3v) is 3.30. The van der Waals surface area contributed by atoms with Gasteiger partial charge in [-0.25, -0.2) is 0 Å². The van der Waals surface area contributed by atoms with Gasteiger partial charge in [-0.3, -0.25) is 4.79 Å². The van der Waals surface area contributed by atoms with Crippen molar-refractivity contribution < 1.29 is 9.53 Å². The van der Waals surface area contributed by atoms with E-state index in [1.54, 1.807) is 30.4 Å². The van der Waals surface area contributed by atoms with E-state index in [1.807, 2.05) is 45.1 Å². The molecule has 0 bridgehead atoms. The average molecular weight is 339 g/mol. The van der Waals surface area contributed by atoms with Crippen LogP contribution in [0.2, 0.25) is 0 Å². The van der Waals surface area contributed by atoms with Gasteiger partial charge >= 0.3 is 5.97 Å². The molecule has 0 aromatic heterocycles. The fraction of sp³-hybridized carbons (Fsp3) is 0.353. The van der Waals surface area contributed by atoms with Crippen molar-refractivity contribution in [2.75, 3.05) is 0 Å².